The lowest BCUT2D eigenvalue weighted by Crippen LogP contribution is -2.41. The van der Waals surface area contributed by atoms with E-state index < -0.39 is 0 Å². The van der Waals surface area contributed by atoms with Gasteiger partial charge in [0.25, 0.3) is 5.91 Å². The number of fused-ring (bicyclic) bond motifs is 1. The lowest BCUT2D eigenvalue weighted by Gasteiger charge is -2.27. The first-order chi connectivity index (χ1) is 12.1. The highest BCUT2D eigenvalue weighted by molar-refractivity contribution is 5.95. The molecule has 1 aliphatic carbocycles. The zero-order valence-corrected chi connectivity index (χ0v) is 14.6. The zero-order valence-electron chi connectivity index (χ0n) is 14.6. The number of hydrogen-bond acceptors (Lipinski definition) is 4. The maximum Gasteiger partial charge on any atom is 0.346 e. The summed E-state index contributed by atoms with van der Waals surface area (Å²) < 4.78 is 8.47. The van der Waals surface area contributed by atoms with Crippen LogP contribution in [-0.2, 0) is 19.6 Å². The molecule has 0 atom stereocenters. The molecular formula is C18H22N4O3. The first kappa shape index (κ1) is 15.9. The molecule has 0 bridgehead atoms. The Kier molecular flexibility index (Phi) is 3.86. The van der Waals surface area contributed by atoms with E-state index in [1.807, 2.05) is 13.0 Å². The van der Waals surface area contributed by atoms with Crippen LogP contribution in [0.2, 0.25) is 0 Å². The predicted octanol–water partition coefficient (Wildman–Crippen LogP) is 1.43. The van der Waals surface area contributed by atoms with Crippen molar-refractivity contribution in [1.29, 1.82) is 0 Å². The number of hydrogen-bond donors (Lipinski definition) is 0. The summed E-state index contributed by atoms with van der Waals surface area (Å²) in [5.74, 6) is 1.97. The molecule has 25 heavy (non-hydrogen) atoms. The van der Waals surface area contributed by atoms with Crippen molar-refractivity contribution in [3.63, 3.8) is 0 Å². The molecule has 0 saturated heterocycles. The molecule has 1 saturated carbocycles. The fraction of sp³-hybridized carbons (Fsp3) is 0.500. The SMILES string of the molecule is COc1ccc(C(=O)N2CCn3c(nn(CC4CC4)c3=O)C2)c(C)c1. The van der Waals surface area contributed by atoms with Gasteiger partial charge in [-0.1, -0.05) is 0 Å². The fourth-order valence-corrected chi connectivity index (χ4v) is 3.31. The van der Waals surface area contributed by atoms with Gasteiger partial charge in [-0.25, -0.2) is 9.48 Å². The third kappa shape index (κ3) is 2.94. The minimum Gasteiger partial charge on any atom is -0.497 e. The van der Waals surface area contributed by atoms with E-state index in [0.717, 1.165) is 11.3 Å². The highest BCUT2D eigenvalue weighted by Crippen LogP contribution is 2.30. The number of aryl methyl sites for hydroxylation is 1. The first-order valence-corrected chi connectivity index (χ1v) is 8.67. The maximum atomic E-state index is 12.9. The second kappa shape index (κ2) is 6.06. The largest absolute Gasteiger partial charge is 0.497 e. The first-order valence-electron chi connectivity index (χ1n) is 8.67. The van der Waals surface area contributed by atoms with Crippen LogP contribution < -0.4 is 10.4 Å². The van der Waals surface area contributed by atoms with Gasteiger partial charge >= 0.3 is 5.69 Å². The Balaban J connectivity index is 1.55. The van der Waals surface area contributed by atoms with Gasteiger partial charge in [-0.05, 0) is 49.4 Å². The minimum atomic E-state index is -0.0466. The predicted molar refractivity (Wildman–Crippen MR) is 91.7 cm³/mol. The van der Waals surface area contributed by atoms with Gasteiger partial charge in [0.2, 0.25) is 0 Å². The van der Waals surface area contributed by atoms with Crippen molar-refractivity contribution >= 4 is 5.91 Å². The molecule has 0 unspecified atom stereocenters. The Morgan fingerprint density at radius 1 is 1.32 bits per heavy atom. The molecule has 1 amide bonds. The standard InChI is InChI=1S/C18H22N4O3/c1-12-9-14(25-2)5-6-15(12)17(23)20-7-8-21-16(11-20)19-22(18(21)24)10-13-3-4-13/h5-6,9,13H,3-4,7-8,10-11H2,1-2H3. The van der Waals surface area contributed by atoms with Gasteiger partial charge in [0.15, 0.2) is 5.82 Å². The van der Waals surface area contributed by atoms with Crippen LogP contribution in [0.5, 0.6) is 5.75 Å². The fourth-order valence-electron chi connectivity index (χ4n) is 3.31. The molecule has 0 radical (unpaired) electrons. The summed E-state index contributed by atoms with van der Waals surface area (Å²) in [4.78, 5) is 27.0. The van der Waals surface area contributed by atoms with Crippen LogP contribution in [0, 0.1) is 12.8 Å². The molecule has 4 rings (SSSR count). The third-order valence-corrected chi connectivity index (χ3v) is 5.00. The van der Waals surface area contributed by atoms with Crippen LogP contribution in [0.4, 0.5) is 0 Å². The Labute approximate surface area is 145 Å². The molecule has 132 valence electrons. The Hall–Kier alpha value is -2.57. The van der Waals surface area contributed by atoms with E-state index in [0.29, 0.717) is 43.5 Å². The molecule has 2 aliphatic rings. The summed E-state index contributed by atoms with van der Waals surface area (Å²) in [7, 11) is 1.61. The van der Waals surface area contributed by atoms with Gasteiger partial charge in [-0.2, -0.15) is 5.10 Å². The van der Waals surface area contributed by atoms with Gasteiger partial charge < -0.3 is 9.64 Å². The van der Waals surface area contributed by atoms with Gasteiger partial charge in [0.05, 0.1) is 13.7 Å². The normalized spacial score (nSPS) is 16.6. The highest BCUT2D eigenvalue weighted by atomic mass is 16.5. The summed E-state index contributed by atoms with van der Waals surface area (Å²) in [5.41, 5.74) is 1.50. The van der Waals surface area contributed by atoms with Gasteiger partial charge in [0, 0.05) is 25.2 Å². The minimum absolute atomic E-state index is 0.0319. The van der Waals surface area contributed by atoms with Crippen molar-refractivity contribution in [3.8, 4) is 5.75 Å². The van der Waals surface area contributed by atoms with E-state index in [2.05, 4.69) is 5.10 Å². The highest BCUT2D eigenvalue weighted by Gasteiger charge is 2.29. The number of methoxy groups -OCH3 is 1. The van der Waals surface area contributed by atoms with E-state index in [1.165, 1.54) is 12.8 Å². The Bertz CT molecular complexity index is 879. The van der Waals surface area contributed by atoms with Crippen molar-refractivity contribution in [2.45, 2.75) is 39.4 Å². The number of aromatic nitrogens is 3. The molecule has 7 heteroatoms. The third-order valence-electron chi connectivity index (χ3n) is 5.00. The van der Waals surface area contributed by atoms with Gasteiger partial charge in [-0.3, -0.25) is 9.36 Å². The number of ether oxygens (including phenoxy) is 1. The quantitative estimate of drug-likeness (QED) is 0.843. The summed E-state index contributed by atoms with van der Waals surface area (Å²) in [6.07, 6.45) is 2.35. The molecular weight excluding hydrogens is 320 g/mol. The van der Waals surface area contributed by atoms with Crippen LogP contribution in [-0.4, -0.2) is 38.8 Å². The lowest BCUT2D eigenvalue weighted by atomic mass is 10.1. The van der Waals surface area contributed by atoms with Crippen LogP contribution in [0.1, 0.15) is 34.6 Å². The molecule has 2 aromatic rings. The summed E-state index contributed by atoms with van der Waals surface area (Å²) in [6.45, 7) is 3.99. The van der Waals surface area contributed by atoms with E-state index in [4.69, 9.17) is 4.74 Å². The van der Waals surface area contributed by atoms with Crippen molar-refractivity contribution in [3.05, 3.63) is 45.6 Å². The van der Waals surface area contributed by atoms with Crippen LogP contribution >= 0.6 is 0 Å². The van der Waals surface area contributed by atoms with Crippen molar-refractivity contribution in [2.75, 3.05) is 13.7 Å². The topological polar surface area (TPSA) is 69.4 Å². The maximum absolute atomic E-state index is 12.9. The molecule has 0 N–H and O–H groups in total. The van der Waals surface area contributed by atoms with Crippen LogP contribution in [0.25, 0.3) is 0 Å². The monoisotopic (exact) mass is 342 g/mol. The zero-order chi connectivity index (χ0) is 17.6. The second-order valence-electron chi connectivity index (χ2n) is 6.88. The van der Waals surface area contributed by atoms with Gasteiger partial charge in [0.1, 0.15) is 5.75 Å². The average molecular weight is 342 g/mol. The molecule has 1 fully saturated rings. The van der Waals surface area contributed by atoms with E-state index in [1.54, 1.807) is 33.4 Å². The molecule has 0 spiro atoms. The summed E-state index contributed by atoms with van der Waals surface area (Å²) >= 11 is 0. The number of nitrogens with zero attached hydrogens (tertiary/aromatic N) is 4. The smallest absolute Gasteiger partial charge is 0.346 e. The van der Waals surface area contributed by atoms with E-state index in [-0.39, 0.29) is 11.6 Å². The number of amides is 1. The van der Waals surface area contributed by atoms with Crippen LogP contribution in [0.3, 0.4) is 0 Å². The van der Waals surface area contributed by atoms with Crippen molar-refractivity contribution in [1.82, 2.24) is 19.2 Å². The molecule has 1 aromatic heterocycles. The number of carbonyl (C=O) groups is 1. The van der Waals surface area contributed by atoms with Crippen molar-refractivity contribution < 1.29 is 9.53 Å². The van der Waals surface area contributed by atoms with Crippen LogP contribution in [0.15, 0.2) is 23.0 Å². The molecule has 1 aromatic carbocycles. The lowest BCUT2D eigenvalue weighted by molar-refractivity contribution is 0.0705. The number of carbonyl (C=O) groups excluding carboxylic acids is 1. The number of rotatable bonds is 4. The Morgan fingerprint density at radius 2 is 2.12 bits per heavy atom. The molecule has 7 nitrogen and oxygen atoms in total. The summed E-state index contributed by atoms with van der Waals surface area (Å²) in [5, 5.41) is 4.46. The van der Waals surface area contributed by atoms with Crippen molar-refractivity contribution in [2.24, 2.45) is 5.92 Å². The average Bonchev–Trinajstić information content (AvgIpc) is 3.38. The molecule has 2 heterocycles. The molecule has 1 aliphatic heterocycles. The van der Waals surface area contributed by atoms with E-state index >= 15 is 0 Å². The second-order valence-corrected chi connectivity index (χ2v) is 6.88. The Morgan fingerprint density at radius 3 is 2.80 bits per heavy atom. The summed E-state index contributed by atoms with van der Waals surface area (Å²) in [6, 6.07) is 5.45. The van der Waals surface area contributed by atoms with E-state index in [9.17, 15) is 9.59 Å². The number of benzene rings is 1. The van der Waals surface area contributed by atoms with Gasteiger partial charge in [-0.15, -0.1) is 0 Å².